The van der Waals surface area contributed by atoms with Crippen molar-refractivity contribution in [3.63, 3.8) is 0 Å². The smallest absolute Gasteiger partial charge is 0.136 e. The van der Waals surface area contributed by atoms with E-state index in [0.29, 0.717) is 0 Å². The Morgan fingerprint density at radius 1 is 0.299 bits per heavy atom. The minimum Gasteiger partial charge on any atom is -0.456 e. The molecule has 0 amide bonds. The fourth-order valence-electron chi connectivity index (χ4n) is 10.3. The zero-order valence-corrected chi connectivity index (χ0v) is 36.6. The van der Waals surface area contributed by atoms with Crippen molar-refractivity contribution < 1.29 is 4.42 Å². The first kappa shape index (κ1) is 38.5. The van der Waals surface area contributed by atoms with E-state index in [2.05, 4.69) is 252 Å². The van der Waals surface area contributed by atoms with Crippen molar-refractivity contribution >= 4 is 71.6 Å². The summed E-state index contributed by atoms with van der Waals surface area (Å²) in [6.45, 7) is 0. The molecule has 13 aromatic rings. The molecule has 0 radical (unpaired) electrons. The van der Waals surface area contributed by atoms with E-state index in [4.69, 9.17) is 4.42 Å². The predicted molar refractivity (Wildman–Crippen MR) is 282 cm³/mol. The van der Waals surface area contributed by atoms with Gasteiger partial charge in [-0.15, -0.1) is 0 Å². The highest BCUT2D eigenvalue weighted by molar-refractivity contribution is 6.10. The molecule has 11 aromatic carbocycles. The lowest BCUT2D eigenvalue weighted by Crippen LogP contribution is -2.12. The molecule has 0 fully saturated rings. The highest BCUT2D eigenvalue weighted by atomic mass is 16.3. The zero-order valence-electron chi connectivity index (χ0n) is 36.6. The van der Waals surface area contributed by atoms with Crippen LogP contribution in [0.2, 0.25) is 0 Å². The Morgan fingerprint density at radius 3 is 1.55 bits per heavy atom. The maximum atomic E-state index is 6.42. The van der Waals surface area contributed by atoms with Crippen LogP contribution in [0.4, 0.5) is 17.1 Å². The number of fused-ring (bicyclic) bond motifs is 7. The van der Waals surface area contributed by atoms with Crippen molar-refractivity contribution in [2.24, 2.45) is 0 Å². The molecule has 0 spiro atoms. The van der Waals surface area contributed by atoms with E-state index in [1.54, 1.807) is 0 Å². The average Bonchev–Trinajstić information content (AvgIpc) is 3.95. The molecule has 0 N–H and O–H groups in total. The molecule has 2 heterocycles. The Kier molecular flexibility index (Phi) is 9.17. The number of furan rings is 1. The van der Waals surface area contributed by atoms with Gasteiger partial charge >= 0.3 is 0 Å². The van der Waals surface area contributed by atoms with Gasteiger partial charge in [0.25, 0.3) is 0 Å². The van der Waals surface area contributed by atoms with E-state index in [0.717, 1.165) is 72.5 Å². The molecule has 0 bridgehead atoms. The molecular weight excluding hydrogens is 813 g/mol. The third kappa shape index (κ3) is 6.59. The van der Waals surface area contributed by atoms with Crippen molar-refractivity contribution in [3.8, 4) is 50.2 Å². The van der Waals surface area contributed by atoms with Crippen LogP contribution in [-0.4, -0.2) is 4.57 Å². The summed E-state index contributed by atoms with van der Waals surface area (Å²) in [4.78, 5) is 2.42. The highest BCUT2D eigenvalue weighted by Crippen LogP contribution is 2.47. The molecule has 0 atom stereocenters. The van der Waals surface area contributed by atoms with Crippen molar-refractivity contribution in [3.05, 3.63) is 255 Å². The first-order valence-electron chi connectivity index (χ1n) is 22.9. The third-order valence-electron chi connectivity index (χ3n) is 13.4. The number of para-hydroxylation sites is 5. The van der Waals surface area contributed by atoms with Crippen LogP contribution in [0.5, 0.6) is 0 Å². The second kappa shape index (κ2) is 16.0. The van der Waals surface area contributed by atoms with Gasteiger partial charge in [-0.1, -0.05) is 188 Å². The monoisotopic (exact) mass is 854 g/mol. The number of anilines is 3. The standard InChI is InChI=1S/C64H42N2O/c1-2-19-51-46(15-1)16-14-25-53(51)54-21-4-9-27-60(54)65(59-26-8-3-20-52(59)48-37-40-58-57-24-7-12-30-63(57)67-64(58)42-48)49-38-35-44(36-39-49)43-31-33-45(34-32-43)47-17-13-18-50(41-47)66-61-28-10-5-22-55(61)56-23-6-11-29-62(56)66/h1-42H. The zero-order chi connectivity index (χ0) is 44.3. The summed E-state index contributed by atoms with van der Waals surface area (Å²) >= 11 is 0. The quantitative estimate of drug-likeness (QED) is 0.152. The van der Waals surface area contributed by atoms with E-state index in [1.165, 1.54) is 49.3 Å². The molecule has 0 saturated carbocycles. The lowest BCUT2D eigenvalue weighted by Gasteiger charge is -2.30. The van der Waals surface area contributed by atoms with Crippen molar-refractivity contribution in [1.29, 1.82) is 0 Å². The minimum absolute atomic E-state index is 0.877. The summed E-state index contributed by atoms with van der Waals surface area (Å²) in [5.41, 5.74) is 17.8. The largest absolute Gasteiger partial charge is 0.456 e. The lowest BCUT2D eigenvalue weighted by atomic mass is 9.95. The Balaban J connectivity index is 0.895. The van der Waals surface area contributed by atoms with Gasteiger partial charge in [0.2, 0.25) is 0 Å². The summed E-state index contributed by atoms with van der Waals surface area (Å²) in [6.07, 6.45) is 0. The van der Waals surface area contributed by atoms with Crippen LogP contribution in [0, 0.1) is 0 Å². The average molecular weight is 855 g/mol. The van der Waals surface area contributed by atoms with E-state index in [9.17, 15) is 0 Å². The van der Waals surface area contributed by atoms with E-state index in [-0.39, 0.29) is 0 Å². The van der Waals surface area contributed by atoms with Gasteiger partial charge in [-0.05, 0) is 111 Å². The lowest BCUT2D eigenvalue weighted by molar-refractivity contribution is 0.669. The van der Waals surface area contributed by atoms with Gasteiger partial charge in [-0.25, -0.2) is 0 Å². The maximum Gasteiger partial charge on any atom is 0.136 e. The molecule has 0 aliphatic heterocycles. The Morgan fingerprint density at radius 2 is 0.806 bits per heavy atom. The molecule has 314 valence electrons. The fourth-order valence-corrected chi connectivity index (χ4v) is 10.3. The van der Waals surface area contributed by atoms with E-state index < -0.39 is 0 Å². The molecule has 67 heavy (non-hydrogen) atoms. The van der Waals surface area contributed by atoms with Gasteiger partial charge in [0.05, 0.1) is 22.4 Å². The molecule has 0 aliphatic rings. The maximum absolute atomic E-state index is 6.42. The SMILES string of the molecule is c1cc(-c2ccc(-c3ccc(N(c4ccccc4-c4ccc5c(c4)oc4ccccc45)c4ccccc4-c4cccc5ccccc45)cc3)cc2)cc(-n2c3ccccc3c3ccccc32)c1. The second-order valence-corrected chi connectivity index (χ2v) is 17.2. The number of hydrogen-bond acceptors (Lipinski definition) is 2. The van der Waals surface area contributed by atoms with Crippen molar-refractivity contribution in [2.45, 2.75) is 0 Å². The van der Waals surface area contributed by atoms with Crippen LogP contribution < -0.4 is 4.90 Å². The summed E-state index contributed by atoms with van der Waals surface area (Å²) in [6, 6.07) is 91.9. The molecule has 13 rings (SSSR count). The second-order valence-electron chi connectivity index (χ2n) is 17.2. The van der Waals surface area contributed by atoms with Gasteiger partial charge in [-0.3, -0.25) is 0 Å². The summed E-state index contributed by atoms with van der Waals surface area (Å²) in [5.74, 6) is 0. The summed E-state index contributed by atoms with van der Waals surface area (Å²) in [7, 11) is 0. The molecule has 2 aromatic heterocycles. The Hall–Kier alpha value is -8.92. The van der Waals surface area contributed by atoms with Crippen molar-refractivity contribution in [1.82, 2.24) is 4.57 Å². The highest BCUT2D eigenvalue weighted by Gasteiger charge is 2.22. The number of hydrogen-bond donors (Lipinski definition) is 0. The van der Waals surface area contributed by atoms with E-state index in [1.807, 2.05) is 12.1 Å². The molecule has 0 unspecified atom stereocenters. The first-order chi connectivity index (χ1) is 33.2. The van der Waals surface area contributed by atoms with Crippen LogP contribution in [0.1, 0.15) is 0 Å². The van der Waals surface area contributed by atoms with Crippen LogP contribution in [0.15, 0.2) is 259 Å². The van der Waals surface area contributed by atoms with Gasteiger partial charge in [0.1, 0.15) is 11.2 Å². The molecule has 3 nitrogen and oxygen atoms in total. The summed E-state index contributed by atoms with van der Waals surface area (Å²) in [5, 5.41) is 7.21. The number of nitrogens with zero attached hydrogens (tertiary/aromatic N) is 2. The molecular formula is C64H42N2O. The van der Waals surface area contributed by atoms with Crippen molar-refractivity contribution in [2.75, 3.05) is 4.90 Å². The summed E-state index contributed by atoms with van der Waals surface area (Å²) < 4.78 is 8.80. The topological polar surface area (TPSA) is 21.3 Å². The van der Waals surface area contributed by atoms with E-state index >= 15 is 0 Å². The van der Waals surface area contributed by atoms with Crippen LogP contribution in [-0.2, 0) is 0 Å². The van der Waals surface area contributed by atoms with Gasteiger partial charge in [0, 0.05) is 44.0 Å². The van der Waals surface area contributed by atoms with Gasteiger partial charge < -0.3 is 13.9 Å². The molecule has 0 aliphatic carbocycles. The van der Waals surface area contributed by atoms with Crippen LogP contribution in [0.25, 0.3) is 105 Å². The molecule has 0 saturated heterocycles. The van der Waals surface area contributed by atoms with Crippen LogP contribution >= 0.6 is 0 Å². The first-order valence-corrected chi connectivity index (χ1v) is 22.9. The third-order valence-corrected chi connectivity index (χ3v) is 13.4. The predicted octanol–water partition coefficient (Wildman–Crippen LogP) is 18.0. The Labute approximate surface area is 388 Å². The Bertz CT molecular complexity index is 3930. The van der Waals surface area contributed by atoms with Gasteiger partial charge in [0.15, 0.2) is 0 Å². The number of benzene rings is 11. The number of aromatic nitrogens is 1. The fraction of sp³-hybridized carbons (Fsp3) is 0. The minimum atomic E-state index is 0.877. The molecule has 3 heteroatoms. The number of rotatable bonds is 8. The van der Waals surface area contributed by atoms with Gasteiger partial charge in [-0.2, -0.15) is 0 Å². The normalized spacial score (nSPS) is 11.6. The van der Waals surface area contributed by atoms with Crippen LogP contribution in [0.3, 0.4) is 0 Å².